The van der Waals surface area contributed by atoms with Gasteiger partial charge < -0.3 is 24.4 Å². The van der Waals surface area contributed by atoms with Crippen LogP contribution in [-0.4, -0.2) is 52.3 Å². The molecule has 1 fully saturated rings. The summed E-state index contributed by atoms with van der Waals surface area (Å²) in [6, 6.07) is 14.7. The lowest BCUT2D eigenvalue weighted by Crippen LogP contribution is -2.47. The Labute approximate surface area is 179 Å². The zero-order chi connectivity index (χ0) is 21.5. The van der Waals surface area contributed by atoms with Crippen molar-refractivity contribution in [3.05, 3.63) is 53.6 Å². The number of piperidine rings is 1. The van der Waals surface area contributed by atoms with Crippen LogP contribution >= 0.6 is 0 Å². The van der Waals surface area contributed by atoms with E-state index in [-0.39, 0.29) is 0 Å². The molecule has 6 heteroatoms. The van der Waals surface area contributed by atoms with Crippen molar-refractivity contribution in [1.82, 2.24) is 10.2 Å². The van der Waals surface area contributed by atoms with Gasteiger partial charge in [0.1, 0.15) is 0 Å². The number of methoxy groups -OCH3 is 3. The Balaban J connectivity index is 1.67. The maximum atomic E-state index is 5.60. The van der Waals surface area contributed by atoms with E-state index in [1.807, 2.05) is 19.2 Å². The lowest BCUT2D eigenvalue weighted by molar-refractivity contribution is 0.234. The molecule has 0 amide bonds. The number of aliphatic imine (C=N–C) groups is 1. The standard InChI is InChI=1S/C24H33N3O3/c1-17-16-27(14-13-20(17)18-9-7-6-8-10-18)24(25-2)26-15-19-11-12-21(28-3)23(30-5)22(19)29-4/h6-12,17,20H,13-16H2,1-5H3,(H,25,26). The number of benzene rings is 2. The molecule has 2 atom stereocenters. The van der Waals surface area contributed by atoms with Crippen LogP contribution in [0, 0.1) is 5.92 Å². The molecule has 2 aromatic carbocycles. The van der Waals surface area contributed by atoms with Gasteiger partial charge in [0.25, 0.3) is 0 Å². The highest BCUT2D eigenvalue weighted by Crippen LogP contribution is 2.39. The third kappa shape index (κ3) is 4.64. The zero-order valence-electron chi connectivity index (χ0n) is 18.6. The van der Waals surface area contributed by atoms with E-state index in [0.29, 0.717) is 35.6 Å². The Bertz CT molecular complexity index is 854. The van der Waals surface area contributed by atoms with E-state index < -0.39 is 0 Å². The van der Waals surface area contributed by atoms with Crippen LogP contribution in [0.3, 0.4) is 0 Å². The number of hydrogen-bond donors (Lipinski definition) is 1. The summed E-state index contributed by atoms with van der Waals surface area (Å²) in [4.78, 5) is 6.87. The maximum Gasteiger partial charge on any atom is 0.203 e. The van der Waals surface area contributed by atoms with Crippen molar-refractivity contribution in [3.63, 3.8) is 0 Å². The van der Waals surface area contributed by atoms with Gasteiger partial charge in [0.15, 0.2) is 17.5 Å². The van der Waals surface area contributed by atoms with Gasteiger partial charge in [-0.25, -0.2) is 0 Å². The number of nitrogens with zero attached hydrogens (tertiary/aromatic N) is 2. The molecule has 6 nitrogen and oxygen atoms in total. The first kappa shape index (κ1) is 21.8. The third-order valence-corrected chi connectivity index (χ3v) is 5.87. The van der Waals surface area contributed by atoms with E-state index in [4.69, 9.17) is 14.2 Å². The largest absolute Gasteiger partial charge is 0.493 e. The Morgan fingerprint density at radius 3 is 2.37 bits per heavy atom. The first-order chi connectivity index (χ1) is 14.6. The molecule has 0 aromatic heterocycles. The van der Waals surface area contributed by atoms with E-state index in [9.17, 15) is 0 Å². The predicted molar refractivity (Wildman–Crippen MR) is 121 cm³/mol. The van der Waals surface area contributed by atoms with Gasteiger partial charge in [-0.15, -0.1) is 0 Å². The highest BCUT2D eigenvalue weighted by Gasteiger charge is 2.28. The highest BCUT2D eigenvalue weighted by atomic mass is 16.5. The second-order valence-electron chi connectivity index (χ2n) is 7.62. The topological polar surface area (TPSA) is 55.3 Å². The Kier molecular flexibility index (Phi) is 7.44. The maximum absolute atomic E-state index is 5.60. The molecule has 1 aliphatic heterocycles. The molecule has 162 valence electrons. The summed E-state index contributed by atoms with van der Waals surface area (Å²) in [5.74, 6) is 3.98. The van der Waals surface area contributed by atoms with Crippen LogP contribution in [0.25, 0.3) is 0 Å². The molecule has 3 rings (SSSR count). The van der Waals surface area contributed by atoms with Crippen molar-refractivity contribution in [2.75, 3.05) is 41.5 Å². The Morgan fingerprint density at radius 1 is 1.03 bits per heavy atom. The molecule has 0 bridgehead atoms. The summed E-state index contributed by atoms with van der Waals surface area (Å²) < 4.78 is 16.5. The summed E-state index contributed by atoms with van der Waals surface area (Å²) in [7, 11) is 6.72. The number of nitrogens with one attached hydrogen (secondary N) is 1. The van der Waals surface area contributed by atoms with Gasteiger partial charge >= 0.3 is 0 Å². The second-order valence-corrected chi connectivity index (χ2v) is 7.62. The number of hydrogen-bond acceptors (Lipinski definition) is 4. The molecule has 1 N–H and O–H groups in total. The smallest absolute Gasteiger partial charge is 0.203 e. The predicted octanol–water partition coefficient (Wildman–Crippen LogP) is 3.91. The molecule has 1 saturated heterocycles. The second kappa shape index (κ2) is 10.2. The van der Waals surface area contributed by atoms with Gasteiger partial charge in [-0.2, -0.15) is 0 Å². The Hall–Kier alpha value is -2.89. The van der Waals surface area contributed by atoms with Crippen LogP contribution in [0.5, 0.6) is 17.2 Å². The molecule has 2 unspecified atom stereocenters. The summed E-state index contributed by atoms with van der Waals surface area (Å²) in [5.41, 5.74) is 2.42. The summed E-state index contributed by atoms with van der Waals surface area (Å²) in [5, 5.41) is 3.49. The fraction of sp³-hybridized carbons (Fsp3) is 0.458. The van der Waals surface area contributed by atoms with Crippen molar-refractivity contribution in [2.24, 2.45) is 10.9 Å². The first-order valence-corrected chi connectivity index (χ1v) is 10.4. The average molecular weight is 412 g/mol. The van der Waals surface area contributed by atoms with Crippen molar-refractivity contribution in [3.8, 4) is 17.2 Å². The lowest BCUT2D eigenvalue weighted by atomic mass is 9.82. The van der Waals surface area contributed by atoms with Gasteiger partial charge in [0.2, 0.25) is 5.75 Å². The molecular formula is C24H33N3O3. The molecule has 0 radical (unpaired) electrons. The molecule has 2 aromatic rings. The summed E-state index contributed by atoms with van der Waals surface area (Å²) in [6.45, 7) is 4.87. The minimum absolute atomic E-state index is 0.551. The summed E-state index contributed by atoms with van der Waals surface area (Å²) >= 11 is 0. The lowest BCUT2D eigenvalue weighted by Gasteiger charge is -2.39. The van der Waals surface area contributed by atoms with Gasteiger partial charge in [0, 0.05) is 32.2 Å². The van der Waals surface area contributed by atoms with Crippen LogP contribution in [-0.2, 0) is 6.54 Å². The van der Waals surface area contributed by atoms with Crippen molar-refractivity contribution >= 4 is 5.96 Å². The van der Waals surface area contributed by atoms with E-state index >= 15 is 0 Å². The van der Waals surface area contributed by atoms with E-state index in [1.165, 1.54) is 5.56 Å². The van der Waals surface area contributed by atoms with Gasteiger partial charge in [0.05, 0.1) is 21.3 Å². The summed E-state index contributed by atoms with van der Waals surface area (Å²) in [6.07, 6.45) is 1.12. The van der Waals surface area contributed by atoms with Crippen LogP contribution in [0.4, 0.5) is 0 Å². The minimum atomic E-state index is 0.551. The number of guanidine groups is 1. The molecule has 0 aliphatic carbocycles. The van der Waals surface area contributed by atoms with E-state index in [1.54, 1.807) is 21.3 Å². The van der Waals surface area contributed by atoms with Crippen molar-refractivity contribution in [1.29, 1.82) is 0 Å². The molecule has 0 saturated carbocycles. The van der Waals surface area contributed by atoms with Crippen LogP contribution in [0.1, 0.15) is 30.4 Å². The first-order valence-electron chi connectivity index (χ1n) is 10.4. The number of rotatable bonds is 6. The van der Waals surface area contributed by atoms with E-state index in [0.717, 1.165) is 31.0 Å². The fourth-order valence-corrected chi connectivity index (χ4v) is 4.34. The van der Waals surface area contributed by atoms with Gasteiger partial charge in [-0.3, -0.25) is 4.99 Å². The minimum Gasteiger partial charge on any atom is -0.493 e. The van der Waals surface area contributed by atoms with Crippen LogP contribution < -0.4 is 19.5 Å². The van der Waals surface area contributed by atoms with Gasteiger partial charge in [-0.05, 0) is 36.0 Å². The highest BCUT2D eigenvalue weighted by molar-refractivity contribution is 5.80. The third-order valence-electron chi connectivity index (χ3n) is 5.87. The van der Waals surface area contributed by atoms with Gasteiger partial charge in [-0.1, -0.05) is 37.3 Å². The molecular weight excluding hydrogens is 378 g/mol. The van der Waals surface area contributed by atoms with Crippen LogP contribution in [0.15, 0.2) is 47.5 Å². The SMILES string of the molecule is CN=C(NCc1ccc(OC)c(OC)c1OC)N1CCC(c2ccccc2)C(C)C1. The Morgan fingerprint density at radius 2 is 1.77 bits per heavy atom. The quantitative estimate of drug-likeness (QED) is 0.577. The monoisotopic (exact) mass is 411 g/mol. The average Bonchev–Trinajstić information content (AvgIpc) is 2.79. The fourth-order valence-electron chi connectivity index (χ4n) is 4.34. The zero-order valence-corrected chi connectivity index (χ0v) is 18.6. The normalized spacial score (nSPS) is 19.4. The molecule has 0 spiro atoms. The number of likely N-dealkylation sites (tertiary alicyclic amines) is 1. The molecule has 1 heterocycles. The van der Waals surface area contributed by atoms with Crippen LogP contribution in [0.2, 0.25) is 0 Å². The van der Waals surface area contributed by atoms with Crippen molar-refractivity contribution < 1.29 is 14.2 Å². The van der Waals surface area contributed by atoms with Crippen molar-refractivity contribution in [2.45, 2.75) is 25.8 Å². The molecule has 1 aliphatic rings. The molecule has 30 heavy (non-hydrogen) atoms. The van der Waals surface area contributed by atoms with E-state index in [2.05, 4.69) is 52.5 Å². The number of ether oxygens (including phenoxy) is 3.